The van der Waals surface area contributed by atoms with Gasteiger partial charge in [0.2, 0.25) is 0 Å². The molecule has 6 nitrogen and oxygen atoms in total. The summed E-state index contributed by atoms with van der Waals surface area (Å²) in [5.41, 5.74) is 5.66. The lowest BCUT2D eigenvalue weighted by molar-refractivity contribution is 0.269. The van der Waals surface area contributed by atoms with Crippen molar-refractivity contribution in [3.05, 3.63) is 81.3 Å². The largest absolute Gasteiger partial charge is 0.493 e. The normalized spacial score (nSPS) is 10.8. The van der Waals surface area contributed by atoms with E-state index in [1.165, 1.54) is 0 Å². The first-order valence-electron chi connectivity index (χ1n) is 10.3. The topological polar surface area (TPSA) is 61.3 Å². The molecule has 0 saturated carbocycles. The van der Waals surface area contributed by atoms with Crippen molar-refractivity contribution in [1.82, 2.24) is 5.43 Å². The molecule has 0 aliphatic heterocycles. The Hall–Kier alpha value is -3.09. The summed E-state index contributed by atoms with van der Waals surface area (Å²) in [5, 5.41) is 5.35. The number of methoxy groups -OCH3 is 2. The van der Waals surface area contributed by atoms with Crippen LogP contribution in [0.1, 0.15) is 23.6 Å². The van der Waals surface area contributed by atoms with Crippen LogP contribution >= 0.6 is 23.2 Å². The average Bonchev–Trinajstić information content (AvgIpc) is 2.82. The average molecular weight is 489 g/mol. The van der Waals surface area contributed by atoms with Crippen LogP contribution in [0.15, 0.2) is 59.7 Å². The highest BCUT2D eigenvalue weighted by molar-refractivity contribution is 6.32. The van der Waals surface area contributed by atoms with Gasteiger partial charge in [-0.25, -0.2) is 0 Å². The van der Waals surface area contributed by atoms with Gasteiger partial charge in [-0.2, -0.15) is 5.10 Å². The van der Waals surface area contributed by atoms with E-state index in [1.54, 1.807) is 26.5 Å². The van der Waals surface area contributed by atoms with Gasteiger partial charge < -0.3 is 24.4 Å². The Morgan fingerprint density at radius 2 is 1.67 bits per heavy atom. The monoisotopic (exact) mass is 488 g/mol. The van der Waals surface area contributed by atoms with Crippen LogP contribution in [-0.4, -0.2) is 27.0 Å². The summed E-state index contributed by atoms with van der Waals surface area (Å²) in [5.74, 6) is 2.35. The zero-order valence-corrected chi connectivity index (χ0v) is 20.2. The maximum Gasteiger partial charge on any atom is 0.180 e. The summed E-state index contributed by atoms with van der Waals surface area (Å²) in [6.07, 6.45) is 1.67. The quantitative estimate of drug-likeness (QED) is 0.260. The second-order valence-electron chi connectivity index (χ2n) is 6.93. The third-order valence-corrected chi connectivity index (χ3v) is 5.35. The minimum atomic E-state index is 0.278. The van der Waals surface area contributed by atoms with Crippen LogP contribution in [0, 0.1) is 0 Å². The number of nitrogens with zero attached hydrogens (tertiary/aromatic N) is 1. The molecule has 1 N–H and O–H groups in total. The van der Waals surface area contributed by atoms with E-state index in [9.17, 15) is 0 Å². The first kappa shape index (κ1) is 24.6. The molecule has 0 amide bonds. The molecule has 33 heavy (non-hydrogen) atoms. The first-order chi connectivity index (χ1) is 16.0. The Balaban J connectivity index is 1.68. The van der Waals surface area contributed by atoms with E-state index in [0.29, 0.717) is 46.2 Å². The number of nitrogens with one attached hydrogen (secondary N) is 1. The molecule has 0 atom stereocenters. The van der Waals surface area contributed by atoms with Crippen LogP contribution in [0.4, 0.5) is 0 Å². The molecule has 3 aromatic carbocycles. The first-order valence-corrected chi connectivity index (χ1v) is 11.1. The Morgan fingerprint density at radius 1 is 0.879 bits per heavy atom. The van der Waals surface area contributed by atoms with E-state index in [1.807, 2.05) is 55.5 Å². The molecule has 3 rings (SSSR count). The summed E-state index contributed by atoms with van der Waals surface area (Å²) < 4.78 is 22.3. The van der Waals surface area contributed by atoms with Gasteiger partial charge >= 0.3 is 0 Å². The van der Waals surface area contributed by atoms with Crippen LogP contribution in [-0.2, 0) is 13.2 Å². The van der Waals surface area contributed by atoms with Gasteiger partial charge in [-0.3, -0.25) is 0 Å². The SMILES string of the molecule is CCOc1cc(/C=N\NCc2ccc(OC)c(OC)c2)cc(Cl)c1OCc1ccccc1Cl. The molecule has 0 saturated heterocycles. The summed E-state index contributed by atoms with van der Waals surface area (Å²) in [6.45, 7) is 3.16. The van der Waals surface area contributed by atoms with Crippen molar-refractivity contribution in [3.8, 4) is 23.0 Å². The third-order valence-electron chi connectivity index (χ3n) is 4.70. The molecule has 0 aliphatic rings. The molecule has 0 fully saturated rings. The predicted molar refractivity (Wildman–Crippen MR) is 132 cm³/mol. The fourth-order valence-electron chi connectivity index (χ4n) is 3.08. The smallest absolute Gasteiger partial charge is 0.180 e. The molecule has 0 heterocycles. The Morgan fingerprint density at radius 3 is 2.39 bits per heavy atom. The van der Waals surface area contributed by atoms with Crippen LogP contribution in [0.2, 0.25) is 10.0 Å². The molecular formula is C25H26Cl2N2O4. The maximum atomic E-state index is 6.50. The molecule has 0 spiro atoms. The molecule has 0 radical (unpaired) electrons. The lowest BCUT2D eigenvalue weighted by Gasteiger charge is -2.15. The van der Waals surface area contributed by atoms with Gasteiger partial charge in [0.1, 0.15) is 6.61 Å². The van der Waals surface area contributed by atoms with Gasteiger partial charge in [-0.1, -0.05) is 47.5 Å². The van der Waals surface area contributed by atoms with Crippen LogP contribution < -0.4 is 24.4 Å². The van der Waals surface area contributed by atoms with Gasteiger partial charge in [0, 0.05) is 10.6 Å². The van der Waals surface area contributed by atoms with Crippen LogP contribution in [0.3, 0.4) is 0 Å². The standard InChI is InChI=1S/C25H26Cl2N2O4/c1-4-32-24-13-18(11-21(27)25(24)33-16-19-7-5-6-8-20(19)26)15-29-28-14-17-9-10-22(30-2)23(12-17)31-3/h5-13,15,28H,4,14,16H2,1-3H3/b29-15-. The summed E-state index contributed by atoms with van der Waals surface area (Å²) >= 11 is 12.7. The molecule has 0 aromatic heterocycles. The summed E-state index contributed by atoms with van der Waals surface area (Å²) in [6, 6.07) is 16.8. The zero-order valence-electron chi connectivity index (χ0n) is 18.7. The van der Waals surface area contributed by atoms with Gasteiger partial charge in [0.25, 0.3) is 0 Å². The van der Waals surface area contributed by atoms with Crippen molar-refractivity contribution >= 4 is 29.4 Å². The van der Waals surface area contributed by atoms with Gasteiger partial charge in [-0.05, 0) is 48.4 Å². The third kappa shape index (κ3) is 6.70. The lowest BCUT2D eigenvalue weighted by Crippen LogP contribution is -2.06. The number of ether oxygens (including phenoxy) is 4. The summed E-state index contributed by atoms with van der Waals surface area (Å²) in [7, 11) is 3.21. The van der Waals surface area contributed by atoms with Crippen molar-refractivity contribution in [2.24, 2.45) is 5.10 Å². The number of hydrogen-bond acceptors (Lipinski definition) is 6. The Bertz CT molecular complexity index is 1110. The molecule has 8 heteroatoms. The molecule has 3 aromatic rings. The van der Waals surface area contributed by atoms with Crippen molar-refractivity contribution in [2.75, 3.05) is 20.8 Å². The minimum absolute atomic E-state index is 0.278. The van der Waals surface area contributed by atoms with E-state index in [2.05, 4.69) is 10.5 Å². The highest BCUT2D eigenvalue weighted by atomic mass is 35.5. The number of rotatable bonds is 11. The predicted octanol–water partition coefficient (Wildman–Crippen LogP) is 6.11. The number of benzene rings is 3. The number of hydrogen-bond donors (Lipinski definition) is 1. The zero-order chi connectivity index (χ0) is 23.6. The number of halogens is 2. The second kappa shape index (κ2) is 12.2. The van der Waals surface area contributed by atoms with E-state index in [0.717, 1.165) is 16.7 Å². The summed E-state index contributed by atoms with van der Waals surface area (Å²) in [4.78, 5) is 0. The van der Waals surface area contributed by atoms with Crippen molar-refractivity contribution in [3.63, 3.8) is 0 Å². The van der Waals surface area contributed by atoms with E-state index >= 15 is 0 Å². The van der Waals surface area contributed by atoms with E-state index in [-0.39, 0.29) is 6.61 Å². The number of hydrazone groups is 1. The van der Waals surface area contributed by atoms with Crippen LogP contribution in [0.5, 0.6) is 23.0 Å². The van der Waals surface area contributed by atoms with Crippen molar-refractivity contribution in [1.29, 1.82) is 0 Å². The maximum absolute atomic E-state index is 6.50. The molecular weight excluding hydrogens is 463 g/mol. The fourth-order valence-corrected chi connectivity index (χ4v) is 3.54. The Kier molecular flexibility index (Phi) is 9.10. The van der Waals surface area contributed by atoms with Gasteiger partial charge in [0.05, 0.1) is 38.6 Å². The lowest BCUT2D eigenvalue weighted by atomic mass is 10.2. The highest BCUT2D eigenvalue weighted by Crippen LogP contribution is 2.37. The highest BCUT2D eigenvalue weighted by Gasteiger charge is 2.13. The molecule has 0 bridgehead atoms. The molecule has 174 valence electrons. The van der Waals surface area contributed by atoms with Crippen molar-refractivity contribution < 1.29 is 18.9 Å². The van der Waals surface area contributed by atoms with E-state index < -0.39 is 0 Å². The van der Waals surface area contributed by atoms with Crippen LogP contribution in [0.25, 0.3) is 0 Å². The van der Waals surface area contributed by atoms with Gasteiger partial charge in [0.15, 0.2) is 23.0 Å². The van der Waals surface area contributed by atoms with Gasteiger partial charge in [-0.15, -0.1) is 0 Å². The molecule has 0 unspecified atom stereocenters. The molecule has 0 aliphatic carbocycles. The second-order valence-corrected chi connectivity index (χ2v) is 7.74. The van der Waals surface area contributed by atoms with Crippen molar-refractivity contribution in [2.45, 2.75) is 20.1 Å². The fraction of sp³-hybridized carbons (Fsp3) is 0.240. The Labute approximate surface area is 204 Å². The minimum Gasteiger partial charge on any atom is -0.493 e. The van der Waals surface area contributed by atoms with E-state index in [4.69, 9.17) is 42.1 Å².